The summed E-state index contributed by atoms with van der Waals surface area (Å²) in [6.07, 6.45) is 0.554. The molecule has 4 aromatic rings. The molecule has 0 amide bonds. The Morgan fingerprint density at radius 3 is 2.23 bits per heavy atom. The van der Waals surface area contributed by atoms with Gasteiger partial charge in [-0.05, 0) is 41.4 Å². The van der Waals surface area contributed by atoms with Crippen molar-refractivity contribution in [1.82, 2.24) is 19.7 Å². The Morgan fingerprint density at radius 1 is 0.877 bits per heavy atom. The van der Waals surface area contributed by atoms with Crippen LogP contribution in [0.3, 0.4) is 0 Å². The monoisotopic (exact) mass is 855 g/mol. The van der Waals surface area contributed by atoms with Crippen molar-refractivity contribution in [3.8, 4) is 23.8 Å². The fourth-order valence-electron chi connectivity index (χ4n) is 5.62. The number of fused-ring (bicyclic) bond motifs is 1. The number of terminal acetylenes is 1. The van der Waals surface area contributed by atoms with Crippen molar-refractivity contribution in [1.29, 1.82) is 0 Å². The molecule has 0 spiro atoms. The van der Waals surface area contributed by atoms with Crippen LogP contribution in [-0.2, 0) is 43.9 Å². The summed E-state index contributed by atoms with van der Waals surface area (Å²) in [5, 5.41) is 26.3. The van der Waals surface area contributed by atoms with Gasteiger partial charge in [0.2, 0.25) is 5.28 Å². The van der Waals surface area contributed by atoms with E-state index in [-0.39, 0.29) is 24.1 Å². The minimum Gasteiger partial charge on any atom is -0.457 e. The summed E-state index contributed by atoms with van der Waals surface area (Å²) in [7, 11) is -9.67. The van der Waals surface area contributed by atoms with Crippen molar-refractivity contribution < 1.29 is 67.0 Å². The first-order chi connectivity index (χ1) is 27.3. The van der Waals surface area contributed by atoms with E-state index in [1.807, 2.05) is 59.5 Å². The number of ether oxygens (including phenoxy) is 6. The number of rotatable bonds is 24. The number of aromatic nitrogens is 4. The molecule has 1 fully saturated rings. The van der Waals surface area contributed by atoms with E-state index in [9.17, 15) is 24.2 Å². The number of anilines is 1. The van der Waals surface area contributed by atoms with E-state index in [2.05, 4.69) is 21.0 Å². The van der Waals surface area contributed by atoms with Crippen molar-refractivity contribution in [3.05, 3.63) is 71.6 Å². The second-order valence-electron chi connectivity index (χ2n) is 12.5. The van der Waals surface area contributed by atoms with Gasteiger partial charge in [0.25, 0.3) is 0 Å². The normalized spacial score (nSPS) is 19.4. The molecule has 5 rings (SSSR count). The zero-order valence-corrected chi connectivity index (χ0v) is 33.1. The lowest BCUT2D eigenvalue weighted by atomic mass is 10.1. The van der Waals surface area contributed by atoms with Crippen molar-refractivity contribution in [2.45, 2.75) is 31.1 Å². The summed E-state index contributed by atoms with van der Waals surface area (Å²) < 4.78 is 63.4. The van der Waals surface area contributed by atoms with E-state index in [1.54, 1.807) is 0 Å². The van der Waals surface area contributed by atoms with E-state index in [0.29, 0.717) is 75.4 Å². The largest absolute Gasteiger partial charge is 0.457 e. The van der Waals surface area contributed by atoms with Gasteiger partial charge in [-0.3, -0.25) is 9.13 Å². The highest BCUT2D eigenvalue weighted by Gasteiger charge is 2.46. The maximum absolute atomic E-state index is 12.2. The molecule has 5 atom stereocenters. The molecule has 1 unspecified atom stereocenters. The predicted molar refractivity (Wildman–Crippen MR) is 205 cm³/mol. The van der Waals surface area contributed by atoms with Crippen LogP contribution in [0.1, 0.15) is 11.8 Å². The standard InChI is InChI=1S/C35H44ClN5O14P2/c1-2-12-49-14-16-51-18-19-52-17-15-50-13-11-40(22-25-7-6-10-27(20-25)54-26-8-4-3-5-9-26)32-28-21-37-41(33(28)39-35(36)38-32)34-31(43)30(42)29(55-34)23-53-57(47,48)24-56(44,45)46/h1,3-10,20-21,29-31,34,42-43H,11-19,22-24H2,(H,47,48)(H2,44,45,46)/t29-,30-,31-,34-/m1/s1. The van der Waals surface area contributed by atoms with Crippen molar-refractivity contribution >= 4 is 43.6 Å². The van der Waals surface area contributed by atoms with Crippen LogP contribution in [0.25, 0.3) is 11.0 Å². The third-order valence-corrected chi connectivity index (χ3v) is 11.8. The van der Waals surface area contributed by atoms with Crippen molar-refractivity contribution in [2.75, 3.05) is 76.8 Å². The molecule has 57 heavy (non-hydrogen) atoms. The minimum absolute atomic E-state index is 0.127. The third-order valence-electron chi connectivity index (χ3n) is 8.15. The minimum atomic E-state index is -4.90. The summed E-state index contributed by atoms with van der Waals surface area (Å²) in [5.41, 5.74) is 0.981. The SMILES string of the molecule is C#CCOCCOCCOCCOCCN(Cc1cccc(Oc2ccccc2)c1)c1nc(Cl)nc2c1cnn2[C@@H]1O[C@H](COP(=O)(O)CP(=O)(O)O)[C@@H](O)[C@H]1O. The van der Waals surface area contributed by atoms with Gasteiger partial charge in [-0.1, -0.05) is 36.3 Å². The van der Waals surface area contributed by atoms with E-state index in [0.717, 1.165) is 5.56 Å². The molecule has 310 valence electrons. The quantitative estimate of drug-likeness (QED) is 0.0294. The van der Waals surface area contributed by atoms with Crippen LogP contribution in [0.4, 0.5) is 5.82 Å². The number of halogens is 1. The van der Waals surface area contributed by atoms with Crippen molar-refractivity contribution in [3.63, 3.8) is 0 Å². The lowest BCUT2D eigenvalue weighted by molar-refractivity contribution is -0.0541. The Kier molecular flexibility index (Phi) is 16.8. The van der Waals surface area contributed by atoms with Crippen LogP contribution >= 0.6 is 26.8 Å². The number of aliphatic hydroxyl groups is 2. The average Bonchev–Trinajstić information content (AvgIpc) is 3.70. The van der Waals surface area contributed by atoms with Crippen LogP contribution in [-0.4, -0.2) is 135 Å². The smallest absolute Gasteiger partial charge is 0.340 e. The number of benzene rings is 2. The fraction of sp³-hybridized carbons (Fsp3) is 0.457. The molecule has 0 saturated carbocycles. The molecule has 2 aromatic heterocycles. The molecule has 1 aliphatic rings. The number of para-hydroxylation sites is 1. The first-order valence-electron chi connectivity index (χ1n) is 17.6. The molecule has 2 aromatic carbocycles. The van der Waals surface area contributed by atoms with Gasteiger partial charge < -0.3 is 62.7 Å². The van der Waals surface area contributed by atoms with E-state index < -0.39 is 52.2 Å². The molecule has 19 nitrogen and oxygen atoms in total. The van der Waals surface area contributed by atoms with Crippen LogP contribution in [0, 0.1) is 12.3 Å². The Hall–Kier alpha value is -3.54. The maximum atomic E-state index is 12.2. The van der Waals surface area contributed by atoms with Crippen LogP contribution in [0.5, 0.6) is 11.5 Å². The average molecular weight is 856 g/mol. The number of hydrogen-bond donors (Lipinski definition) is 5. The van der Waals surface area contributed by atoms with Gasteiger partial charge in [0.15, 0.2) is 17.8 Å². The maximum Gasteiger partial charge on any atom is 0.340 e. The van der Waals surface area contributed by atoms with Gasteiger partial charge in [-0.2, -0.15) is 15.1 Å². The molecule has 3 heterocycles. The lowest BCUT2D eigenvalue weighted by Gasteiger charge is -2.25. The fourth-order valence-corrected chi connectivity index (χ4v) is 8.35. The molecular formula is C35H44ClN5O14P2. The highest BCUT2D eigenvalue weighted by molar-refractivity contribution is 7.70. The summed E-state index contributed by atoms with van der Waals surface area (Å²) in [6, 6.07) is 16.8. The first-order valence-corrected chi connectivity index (χ1v) is 21.5. The predicted octanol–water partition coefficient (Wildman–Crippen LogP) is 2.93. The molecule has 0 radical (unpaired) electrons. The van der Waals surface area contributed by atoms with Gasteiger partial charge in [-0.25, -0.2) is 4.68 Å². The highest BCUT2D eigenvalue weighted by Crippen LogP contribution is 2.55. The highest BCUT2D eigenvalue weighted by atomic mass is 35.5. The zero-order valence-electron chi connectivity index (χ0n) is 30.6. The summed E-state index contributed by atoms with van der Waals surface area (Å²) in [4.78, 5) is 38.8. The Bertz CT molecular complexity index is 2020. The summed E-state index contributed by atoms with van der Waals surface area (Å²) in [5.74, 6) is 2.59. The molecular weight excluding hydrogens is 812 g/mol. The van der Waals surface area contributed by atoms with E-state index in [1.165, 1.54) is 10.9 Å². The Balaban J connectivity index is 1.29. The van der Waals surface area contributed by atoms with Crippen LogP contribution < -0.4 is 9.64 Å². The van der Waals surface area contributed by atoms with Gasteiger partial charge in [0.05, 0.1) is 64.4 Å². The molecule has 1 aliphatic heterocycles. The van der Waals surface area contributed by atoms with Gasteiger partial charge in [-0.15, -0.1) is 6.42 Å². The molecule has 0 aliphatic carbocycles. The second kappa shape index (κ2) is 21.5. The molecule has 22 heteroatoms. The van der Waals surface area contributed by atoms with Crippen LogP contribution in [0.15, 0.2) is 60.8 Å². The lowest BCUT2D eigenvalue weighted by Crippen LogP contribution is -2.33. The van der Waals surface area contributed by atoms with Gasteiger partial charge >= 0.3 is 15.2 Å². The number of aliphatic hydroxyl groups excluding tert-OH is 2. The molecule has 0 bridgehead atoms. The Morgan fingerprint density at radius 2 is 1.54 bits per heavy atom. The zero-order chi connectivity index (χ0) is 40.8. The van der Waals surface area contributed by atoms with E-state index >= 15 is 0 Å². The van der Waals surface area contributed by atoms with Gasteiger partial charge in [0.1, 0.15) is 42.2 Å². The van der Waals surface area contributed by atoms with Gasteiger partial charge in [0, 0.05) is 13.1 Å². The number of hydrogen-bond acceptors (Lipinski definition) is 15. The third kappa shape index (κ3) is 13.8. The second-order valence-corrected chi connectivity index (χ2v) is 16.8. The topological polar surface area (TPSA) is 247 Å². The summed E-state index contributed by atoms with van der Waals surface area (Å²) >= 11 is 6.48. The van der Waals surface area contributed by atoms with Crippen LogP contribution in [0.2, 0.25) is 5.28 Å². The Labute approximate surface area is 333 Å². The molecule has 1 saturated heterocycles. The molecule has 5 N–H and O–H groups in total. The summed E-state index contributed by atoms with van der Waals surface area (Å²) in [6.45, 7) is 2.52. The number of nitrogens with zero attached hydrogens (tertiary/aromatic N) is 5. The van der Waals surface area contributed by atoms with Crippen molar-refractivity contribution in [2.24, 2.45) is 0 Å². The first kappa shape index (κ1) is 44.6. The van der Waals surface area contributed by atoms with E-state index in [4.69, 9.17) is 60.8 Å².